The maximum absolute atomic E-state index is 12.4. The van der Waals surface area contributed by atoms with Gasteiger partial charge in [-0.3, -0.25) is 24.5 Å². The molecule has 0 saturated carbocycles. The van der Waals surface area contributed by atoms with Crippen LogP contribution in [0.3, 0.4) is 0 Å². The van der Waals surface area contributed by atoms with Gasteiger partial charge in [-0.1, -0.05) is 12.1 Å². The van der Waals surface area contributed by atoms with Crippen LogP contribution in [-0.2, 0) is 19.1 Å². The van der Waals surface area contributed by atoms with Gasteiger partial charge in [0.1, 0.15) is 0 Å². The molecule has 2 aromatic carbocycles. The lowest BCUT2D eigenvalue weighted by molar-refractivity contribution is -0.385. The summed E-state index contributed by atoms with van der Waals surface area (Å²) in [6.45, 7) is 5.10. The van der Waals surface area contributed by atoms with Gasteiger partial charge in [0.25, 0.3) is 11.6 Å². The minimum absolute atomic E-state index is 0.0115. The van der Waals surface area contributed by atoms with Gasteiger partial charge >= 0.3 is 5.97 Å². The van der Waals surface area contributed by atoms with Crippen LogP contribution in [-0.4, -0.2) is 35.9 Å². The highest BCUT2D eigenvalue weighted by Gasteiger charge is 2.36. The number of nitro benzene ring substituents is 1. The Balaban J connectivity index is 1.56. The van der Waals surface area contributed by atoms with Crippen molar-refractivity contribution in [3.63, 3.8) is 0 Å². The van der Waals surface area contributed by atoms with E-state index in [0.717, 1.165) is 16.8 Å². The summed E-state index contributed by atoms with van der Waals surface area (Å²) in [5, 5.41) is 13.5. The Labute approximate surface area is 179 Å². The van der Waals surface area contributed by atoms with Crippen molar-refractivity contribution in [3.8, 4) is 0 Å². The Morgan fingerprint density at radius 2 is 1.84 bits per heavy atom. The third-order valence-corrected chi connectivity index (χ3v) is 5.01. The molecule has 1 aliphatic rings. The topological polar surface area (TPSA) is 119 Å². The average molecular weight is 425 g/mol. The first kappa shape index (κ1) is 21.9. The van der Waals surface area contributed by atoms with Gasteiger partial charge < -0.3 is 15.0 Å². The number of nitro groups is 1. The number of nitrogens with zero attached hydrogens (tertiary/aromatic N) is 2. The van der Waals surface area contributed by atoms with Gasteiger partial charge in [-0.25, -0.2) is 0 Å². The van der Waals surface area contributed by atoms with Crippen LogP contribution >= 0.6 is 0 Å². The number of hydrogen-bond donors (Lipinski definition) is 1. The minimum atomic E-state index is -0.665. The maximum atomic E-state index is 12.4. The molecule has 9 heteroatoms. The number of hydrogen-bond acceptors (Lipinski definition) is 6. The summed E-state index contributed by atoms with van der Waals surface area (Å²) in [6.07, 6.45) is 0.0115. The Morgan fingerprint density at radius 3 is 2.48 bits per heavy atom. The molecule has 1 fully saturated rings. The van der Waals surface area contributed by atoms with Crippen molar-refractivity contribution in [1.29, 1.82) is 0 Å². The molecule has 0 aromatic heterocycles. The van der Waals surface area contributed by atoms with E-state index in [1.54, 1.807) is 11.8 Å². The first-order chi connectivity index (χ1) is 14.6. The van der Waals surface area contributed by atoms with Crippen molar-refractivity contribution in [2.45, 2.75) is 27.2 Å². The zero-order valence-corrected chi connectivity index (χ0v) is 17.5. The molecule has 1 N–H and O–H groups in total. The Morgan fingerprint density at radius 1 is 1.16 bits per heavy atom. The quantitative estimate of drug-likeness (QED) is 0.432. The number of carbonyl (C=O) groups excluding carboxylic acids is 3. The Bertz CT molecular complexity index is 1040. The summed E-state index contributed by atoms with van der Waals surface area (Å²) in [7, 11) is 0. The maximum Gasteiger partial charge on any atom is 0.311 e. The molecule has 9 nitrogen and oxygen atoms in total. The van der Waals surface area contributed by atoms with Crippen molar-refractivity contribution in [2.24, 2.45) is 5.92 Å². The zero-order valence-electron chi connectivity index (χ0n) is 17.5. The van der Waals surface area contributed by atoms with Gasteiger partial charge in [0.05, 0.1) is 10.8 Å². The van der Waals surface area contributed by atoms with Crippen LogP contribution < -0.4 is 10.2 Å². The zero-order chi connectivity index (χ0) is 22.7. The van der Waals surface area contributed by atoms with Crippen molar-refractivity contribution >= 4 is 34.8 Å². The lowest BCUT2D eigenvalue weighted by Gasteiger charge is -2.18. The van der Waals surface area contributed by atoms with Crippen LogP contribution in [0.5, 0.6) is 0 Å². The largest absolute Gasteiger partial charge is 0.455 e. The van der Waals surface area contributed by atoms with E-state index in [2.05, 4.69) is 5.32 Å². The first-order valence-electron chi connectivity index (χ1n) is 9.74. The van der Waals surface area contributed by atoms with Crippen molar-refractivity contribution in [3.05, 3.63) is 63.2 Å². The number of nitrogens with one attached hydrogen (secondary N) is 1. The summed E-state index contributed by atoms with van der Waals surface area (Å²) in [5.41, 5.74) is 3.34. The molecular formula is C22H23N3O6. The van der Waals surface area contributed by atoms with E-state index in [9.17, 15) is 24.5 Å². The predicted molar refractivity (Wildman–Crippen MR) is 114 cm³/mol. The standard InChI is InChI=1S/C22H23N3O6/c1-13-6-14(2)8-18(7-13)24-11-16(9-21(24)27)22(28)31-12-20(26)23-17-5-4-15(3)19(10-17)25(29)30/h4-8,10,16H,9,11-12H2,1-3H3,(H,23,26)/t16-/m0/s1. The highest BCUT2D eigenvalue weighted by atomic mass is 16.6. The molecule has 162 valence electrons. The van der Waals surface area contributed by atoms with Crippen molar-refractivity contribution in [1.82, 2.24) is 0 Å². The number of amides is 2. The summed E-state index contributed by atoms with van der Waals surface area (Å²) >= 11 is 0. The fourth-order valence-electron chi connectivity index (χ4n) is 3.56. The normalized spacial score (nSPS) is 15.6. The molecule has 2 amide bonds. The Hall–Kier alpha value is -3.75. The van der Waals surface area contributed by atoms with Gasteiger partial charge in [0, 0.05) is 36.0 Å². The molecule has 31 heavy (non-hydrogen) atoms. The van der Waals surface area contributed by atoms with Gasteiger partial charge in [-0.2, -0.15) is 0 Å². The van der Waals surface area contributed by atoms with Gasteiger partial charge in [-0.05, 0) is 50.1 Å². The number of carbonyl (C=O) groups is 3. The molecule has 1 heterocycles. The molecule has 0 radical (unpaired) electrons. The van der Waals surface area contributed by atoms with Crippen LogP contribution in [0.4, 0.5) is 17.1 Å². The molecule has 0 spiro atoms. The smallest absolute Gasteiger partial charge is 0.311 e. The van der Waals surface area contributed by atoms with E-state index < -0.39 is 29.3 Å². The monoisotopic (exact) mass is 425 g/mol. The molecule has 1 aliphatic heterocycles. The molecule has 1 atom stereocenters. The van der Waals surface area contributed by atoms with E-state index in [4.69, 9.17) is 4.74 Å². The number of ether oxygens (including phenoxy) is 1. The number of rotatable bonds is 6. The van der Waals surface area contributed by atoms with Crippen LogP contribution in [0.1, 0.15) is 23.1 Å². The molecule has 0 aliphatic carbocycles. The van der Waals surface area contributed by atoms with Crippen LogP contribution in [0, 0.1) is 36.8 Å². The van der Waals surface area contributed by atoms with Crippen LogP contribution in [0.2, 0.25) is 0 Å². The van der Waals surface area contributed by atoms with Gasteiger partial charge in [0.15, 0.2) is 6.61 Å². The molecule has 1 saturated heterocycles. The lowest BCUT2D eigenvalue weighted by atomic mass is 10.1. The van der Waals surface area contributed by atoms with E-state index in [0.29, 0.717) is 5.56 Å². The van der Waals surface area contributed by atoms with Gasteiger partial charge in [0.2, 0.25) is 5.91 Å². The number of aryl methyl sites for hydroxylation is 3. The van der Waals surface area contributed by atoms with E-state index >= 15 is 0 Å². The molecule has 3 rings (SSSR count). The third kappa shape index (κ3) is 5.25. The van der Waals surface area contributed by atoms with E-state index in [1.165, 1.54) is 18.2 Å². The summed E-state index contributed by atoms with van der Waals surface area (Å²) in [5.74, 6) is -2.10. The summed E-state index contributed by atoms with van der Waals surface area (Å²) < 4.78 is 5.08. The predicted octanol–water partition coefficient (Wildman–Crippen LogP) is 3.05. The molecule has 0 unspecified atom stereocenters. The second kappa shape index (κ2) is 8.95. The number of anilines is 2. The summed E-state index contributed by atoms with van der Waals surface area (Å²) in [4.78, 5) is 48.9. The third-order valence-electron chi connectivity index (χ3n) is 5.01. The second-order valence-corrected chi connectivity index (χ2v) is 7.67. The number of esters is 1. The van der Waals surface area contributed by atoms with Gasteiger partial charge in [-0.15, -0.1) is 0 Å². The minimum Gasteiger partial charge on any atom is -0.455 e. The van der Waals surface area contributed by atoms with Crippen molar-refractivity contribution < 1.29 is 24.0 Å². The fraction of sp³-hybridized carbons (Fsp3) is 0.318. The van der Waals surface area contributed by atoms with E-state index in [-0.39, 0.29) is 30.2 Å². The highest BCUT2D eigenvalue weighted by Crippen LogP contribution is 2.27. The SMILES string of the molecule is Cc1cc(C)cc(N2C[C@@H](C(=O)OCC(=O)Nc3ccc(C)c([N+](=O)[O-])c3)CC2=O)c1. The number of benzene rings is 2. The molecule has 0 bridgehead atoms. The first-order valence-corrected chi connectivity index (χ1v) is 9.74. The second-order valence-electron chi connectivity index (χ2n) is 7.67. The molecule has 2 aromatic rings. The average Bonchev–Trinajstić information content (AvgIpc) is 3.08. The Kier molecular flexibility index (Phi) is 6.33. The van der Waals surface area contributed by atoms with Crippen molar-refractivity contribution in [2.75, 3.05) is 23.4 Å². The van der Waals surface area contributed by atoms with Crippen LogP contribution in [0.25, 0.3) is 0 Å². The summed E-state index contributed by atoms with van der Waals surface area (Å²) in [6, 6.07) is 10.0. The fourth-order valence-corrected chi connectivity index (χ4v) is 3.56. The van der Waals surface area contributed by atoms with E-state index in [1.807, 2.05) is 32.0 Å². The highest BCUT2D eigenvalue weighted by molar-refractivity contribution is 6.00. The molecular weight excluding hydrogens is 402 g/mol. The lowest BCUT2D eigenvalue weighted by Crippen LogP contribution is -2.28. The van der Waals surface area contributed by atoms with Crippen LogP contribution in [0.15, 0.2) is 36.4 Å².